The van der Waals surface area contributed by atoms with E-state index >= 15 is 0 Å². The molecule has 0 spiro atoms. The average Bonchev–Trinajstić information content (AvgIpc) is 3.72. The van der Waals surface area contributed by atoms with Gasteiger partial charge in [-0.1, -0.05) is 136 Å². The van der Waals surface area contributed by atoms with Crippen molar-refractivity contribution in [2.24, 2.45) is 11.8 Å². The predicted molar refractivity (Wildman–Crippen MR) is 221 cm³/mol. The molecule has 0 atom stereocenters. The Morgan fingerprint density at radius 2 is 1.49 bits per heavy atom. The zero-order chi connectivity index (χ0) is 36.4. The van der Waals surface area contributed by atoms with E-state index < -0.39 is 8.07 Å². The van der Waals surface area contributed by atoms with Crippen molar-refractivity contribution in [1.82, 2.24) is 14.5 Å². The molecule has 0 aliphatic carbocycles. The van der Waals surface area contributed by atoms with Gasteiger partial charge >= 0.3 is 0 Å². The van der Waals surface area contributed by atoms with Gasteiger partial charge in [0.25, 0.3) is 0 Å². The molecule has 0 saturated heterocycles. The second-order valence-electron chi connectivity index (χ2n) is 15.6. The summed E-state index contributed by atoms with van der Waals surface area (Å²) in [6.07, 6.45) is 7.43. The molecule has 1 radical (unpaired) electrons. The van der Waals surface area contributed by atoms with E-state index in [1.54, 1.807) is 0 Å². The van der Waals surface area contributed by atoms with Crippen molar-refractivity contribution >= 4 is 46.0 Å². The van der Waals surface area contributed by atoms with Crippen LogP contribution < -0.4 is 5.19 Å². The Bertz CT molecular complexity index is 2470. The zero-order valence-electron chi connectivity index (χ0n) is 31.7. The minimum absolute atomic E-state index is 0. The van der Waals surface area contributed by atoms with Crippen LogP contribution in [-0.4, -0.2) is 22.6 Å². The van der Waals surface area contributed by atoms with Gasteiger partial charge in [-0.3, -0.25) is 4.98 Å². The van der Waals surface area contributed by atoms with E-state index in [0.29, 0.717) is 11.8 Å². The molecule has 8 aromatic rings. The summed E-state index contributed by atoms with van der Waals surface area (Å²) >= 11 is 0. The van der Waals surface area contributed by atoms with Crippen molar-refractivity contribution in [2.75, 3.05) is 0 Å². The van der Waals surface area contributed by atoms with Crippen molar-refractivity contribution in [3.63, 3.8) is 0 Å². The van der Waals surface area contributed by atoms with Gasteiger partial charge in [-0.2, -0.15) is 0 Å². The number of benzene rings is 5. The van der Waals surface area contributed by atoms with Gasteiger partial charge in [-0.15, -0.1) is 35.9 Å². The molecule has 8 rings (SSSR count). The molecule has 4 nitrogen and oxygen atoms in total. The molecule has 0 aliphatic rings. The third-order valence-corrected chi connectivity index (χ3v) is 11.5. The molecule has 0 bridgehead atoms. The number of rotatable bonds is 8. The number of para-hydroxylation sites is 2. The average molecular weight is 890 g/mol. The van der Waals surface area contributed by atoms with Crippen LogP contribution in [0, 0.1) is 24.2 Å². The van der Waals surface area contributed by atoms with E-state index in [4.69, 9.17) is 9.40 Å². The van der Waals surface area contributed by atoms with Crippen LogP contribution in [0.1, 0.15) is 38.8 Å². The van der Waals surface area contributed by atoms with Crippen molar-refractivity contribution in [3.8, 4) is 28.3 Å². The molecule has 0 unspecified atom stereocenters. The molecule has 3 aromatic heterocycles. The maximum absolute atomic E-state index is 5.84. The number of nitrogens with zero attached hydrogens (tertiary/aromatic N) is 3. The topological polar surface area (TPSA) is 43.9 Å². The van der Waals surface area contributed by atoms with Gasteiger partial charge in [0.15, 0.2) is 0 Å². The fourth-order valence-electron chi connectivity index (χ4n) is 7.04. The van der Waals surface area contributed by atoms with Gasteiger partial charge in [0, 0.05) is 43.8 Å². The van der Waals surface area contributed by atoms with E-state index in [9.17, 15) is 0 Å². The van der Waals surface area contributed by atoms with Gasteiger partial charge in [0.2, 0.25) is 0 Å². The molecular weight excluding hydrogens is 843 g/mol. The third kappa shape index (κ3) is 8.46. The van der Waals surface area contributed by atoms with E-state index in [1.165, 1.54) is 27.1 Å². The Hall–Kier alpha value is -4.61. The van der Waals surface area contributed by atoms with Crippen LogP contribution >= 0.6 is 0 Å². The smallest absolute Gasteiger partial charge is 0.0798 e. The molecule has 0 N–H and O–H groups in total. The third-order valence-electron chi connectivity index (χ3n) is 9.41. The minimum atomic E-state index is -1.34. The second-order valence-corrected chi connectivity index (χ2v) is 20.7. The zero-order valence-corrected chi connectivity index (χ0v) is 35.1. The minimum Gasteiger partial charge on any atom is -0.557 e. The van der Waals surface area contributed by atoms with Gasteiger partial charge in [0.1, 0.15) is 0 Å². The van der Waals surface area contributed by atoms with E-state index in [0.717, 1.165) is 63.2 Å². The molecular formula is C47H47IrN3OSi-2. The molecule has 0 amide bonds. The maximum atomic E-state index is 5.84. The number of hydrogen-bond acceptors (Lipinski definition) is 3. The van der Waals surface area contributed by atoms with Crippen molar-refractivity contribution < 1.29 is 24.5 Å². The molecule has 0 fully saturated rings. The summed E-state index contributed by atoms with van der Waals surface area (Å²) in [5, 5.41) is 4.97. The van der Waals surface area contributed by atoms with Crippen LogP contribution in [0.2, 0.25) is 19.6 Å². The molecule has 0 aliphatic heterocycles. The van der Waals surface area contributed by atoms with E-state index in [-0.39, 0.29) is 20.1 Å². The predicted octanol–water partition coefficient (Wildman–Crippen LogP) is 11.9. The Kier molecular flexibility index (Phi) is 11.6. The first-order valence-corrected chi connectivity index (χ1v) is 21.9. The Morgan fingerprint density at radius 1 is 0.755 bits per heavy atom. The Morgan fingerprint density at radius 3 is 2.23 bits per heavy atom. The van der Waals surface area contributed by atoms with Crippen molar-refractivity contribution in [1.29, 1.82) is 0 Å². The van der Waals surface area contributed by atoms with Crippen molar-refractivity contribution in [3.05, 3.63) is 145 Å². The number of pyridine rings is 1. The molecule has 0 saturated carbocycles. The largest absolute Gasteiger partial charge is 0.557 e. The van der Waals surface area contributed by atoms with E-state index in [2.05, 4.69) is 166 Å². The summed E-state index contributed by atoms with van der Waals surface area (Å²) in [6.45, 7) is 16.2. The molecule has 3 heterocycles. The molecule has 6 heteroatoms. The summed E-state index contributed by atoms with van der Waals surface area (Å²) in [5.74, 6) is 2.11. The fraction of sp³-hybridized carbons (Fsp3) is 0.234. The number of imidazole rings is 1. The summed E-state index contributed by atoms with van der Waals surface area (Å²) in [5.41, 5.74) is 9.74. The first kappa shape index (κ1) is 38.1. The SMILES string of the molecule is CC(C)Cc1cc(-c2[c-]cccc2)ncc1[Si](C)(C)C.CC(C)Cc1ccc2o[c-]c(-c3nc4ccccc4n3-c3ccc4ccccc4c3)c2c1.[Ir]. The number of fused-ring (bicyclic) bond motifs is 3. The molecule has 53 heavy (non-hydrogen) atoms. The summed E-state index contributed by atoms with van der Waals surface area (Å²) in [6, 6.07) is 43.3. The van der Waals surface area contributed by atoms with Crippen molar-refractivity contribution in [2.45, 2.75) is 60.2 Å². The van der Waals surface area contributed by atoms with Gasteiger partial charge in [-0.05, 0) is 70.6 Å². The summed E-state index contributed by atoms with van der Waals surface area (Å²) in [7, 11) is -1.34. The Labute approximate surface area is 328 Å². The number of furan rings is 1. The summed E-state index contributed by atoms with van der Waals surface area (Å²) < 4.78 is 8.06. The quantitative estimate of drug-likeness (QED) is 0.113. The standard InChI is InChI=1S/C29H23N2O.C18H24NSi.Ir/c1-19(2)15-20-11-14-28-24(16-20)25(18-32-28)29-30-26-9-5-6-10-27(26)31(29)23-13-12-21-7-3-4-8-22(21)17-23;1-14(2)11-16-12-17(15-9-7-6-8-10-15)19-13-18(16)20(3,4)5;/h3-14,16-17,19H,15H2,1-2H3;6-9,12-14H,11H2,1-5H3;/q2*-1;. The first-order chi connectivity index (χ1) is 25.0. The maximum Gasteiger partial charge on any atom is 0.0798 e. The van der Waals surface area contributed by atoms with Crippen LogP contribution in [0.4, 0.5) is 0 Å². The summed E-state index contributed by atoms with van der Waals surface area (Å²) in [4.78, 5) is 9.71. The van der Waals surface area contributed by atoms with Crippen LogP contribution in [0.5, 0.6) is 0 Å². The van der Waals surface area contributed by atoms with Crippen LogP contribution in [0.25, 0.3) is 61.1 Å². The molecule has 271 valence electrons. The number of hydrogen-bond donors (Lipinski definition) is 0. The monoisotopic (exact) mass is 890 g/mol. The van der Waals surface area contributed by atoms with Crippen LogP contribution in [-0.2, 0) is 32.9 Å². The van der Waals surface area contributed by atoms with Gasteiger partial charge in [-0.25, -0.2) is 0 Å². The van der Waals surface area contributed by atoms with Gasteiger partial charge < -0.3 is 14.0 Å². The fourth-order valence-corrected chi connectivity index (χ4v) is 8.63. The molecule has 5 aromatic carbocycles. The Balaban J connectivity index is 0.000000199. The van der Waals surface area contributed by atoms with Crippen LogP contribution in [0.3, 0.4) is 0 Å². The normalized spacial score (nSPS) is 11.6. The van der Waals surface area contributed by atoms with Gasteiger partial charge in [0.05, 0.1) is 24.9 Å². The van der Waals surface area contributed by atoms with E-state index in [1.807, 2.05) is 24.3 Å². The number of aromatic nitrogens is 3. The van der Waals surface area contributed by atoms with Crippen LogP contribution in [0.15, 0.2) is 126 Å². The second kappa shape index (κ2) is 16.2. The first-order valence-electron chi connectivity index (χ1n) is 18.4.